The molecular formula is C7H10O6. The Kier molecular flexibility index (Phi) is 3.51. The highest BCUT2D eigenvalue weighted by Gasteiger charge is 2.21. The third kappa shape index (κ3) is 3.75. The van der Waals surface area contributed by atoms with Gasteiger partial charge in [-0.05, 0) is 0 Å². The van der Waals surface area contributed by atoms with Crippen LogP contribution in [0.15, 0.2) is 0 Å². The van der Waals surface area contributed by atoms with Crippen molar-refractivity contribution in [3.05, 3.63) is 0 Å². The number of hydrogen-bond donors (Lipinski definition) is 1. The van der Waals surface area contributed by atoms with Gasteiger partial charge in [0.1, 0.15) is 19.3 Å². The van der Waals surface area contributed by atoms with Crippen LogP contribution in [0, 0.1) is 0 Å². The summed E-state index contributed by atoms with van der Waals surface area (Å²) in [5, 5.41) is 8.29. The number of hydrogen-bond acceptors (Lipinski definition) is 5. The van der Waals surface area contributed by atoms with Gasteiger partial charge in [0.25, 0.3) is 0 Å². The number of carbonyl (C=O) groups excluding carboxylic acids is 1. The predicted octanol–water partition coefficient (Wildman–Crippen LogP) is 0.0131. The van der Waals surface area contributed by atoms with E-state index in [9.17, 15) is 9.59 Å². The van der Waals surface area contributed by atoms with Gasteiger partial charge in [-0.15, -0.1) is 0 Å². The molecule has 0 saturated carbocycles. The molecule has 6 nitrogen and oxygen atoms in total. The molecule has 1 heterocycles. The summed E-state index contributed by atoms with van der Waals surface area (Å²) in [6.07, 6.45) is -1.13. The van der Waals surface area contributed by atoms with E-state index >= 15 is 0 Å². The number of cyclic esters (lactones) is 2. The summed E-state index contributed by atoms with van der Waals surface area (Å²) in [6.45, 7) is 0.345. The van der Waals surface area contributed by atoms with Crippen molar-refractivity contribution in [2.24, 2.45) is 0 Å². The third-order valence-corrected chi connectivity index (χ3v) is 1.44. The second kappa shape index (κ2) is 4.66. The van der Waals surface area contributed by atoms with Gasteiger partial charge in [0, 0.05) is 0 Å². The molecule has 0 unspecified atom stereocenters. The minimum absolute atomic E-state index is 0.0650. The fraction of sp³-hybridized carbons (Fsp3) is 0.714. The van der Waals surface area contributed by atoms with Crippen molar-refractivity contribution in [1.82, 2.24) is 0 Å². The molecule has 1 aliphatic heterocycles. The lowest BCUT2D eigenvalue weighted by Gasteiger charge is -2.21. The molecule has 0 bridgehead atoms. The third-order valence-electron chi connectivity index (χ3n) is 1.44. The smallest absolute Gasteiger partial charge is 0.481 e. The maximum Gasteiger partial charge on any atom is 0.508 e. The van der Waals surface area contributed by atoms with Crippen molar-refractivity contribution < 1.29 is 28.9 Å². The zero-order chi connectivity index (χ0) is 9.68. The molecule has 6 heteroatoms. The highest BCUT2D eigenvalue weighted by Crippen LogP contribution is 2.04. The predicted molar refractivity (Wildman–Crippen MR) is 39.3 cm³/mol. The normalized spacial score (nSPS) is 17.7. The molecule has 0 aromatic carbocycles. The van der Waals surface area contributed by atoms with Crippen molar-refractivity contribution in [2.45, 2.75) is 12.5 Å². The zero-order valence-electron chi connectivity index (χ0n) is 6.89. The maximum atomic E-state index is 10.4. The van der Waals surface area contributed by atoms with E-state index in [4.69, 9.17) is 9.84 Å². The van der Waals surface area contributed by atoms with E-state index in [-0.39, 0.29) is 32.3 Å². The van der Waals surface area contributed by atoms with Crippen molar-refractivity contribution in [1.29, 1.82) is 0 Å². The minimum atomic E-state index is -0.922. The van der Waals surface area contributed by atoms with E-state index in [1.165, 1.54) is 0 Å². The fourth-order valence-corrected chi connectivity index (χ4v) is 0.821. The molecule has 1 aliphatic rings. The Balaban J connectivity index is 2.09. The second-order valence-corrected chi connectivity index (χ2v) is 2.51. The molecule has 0 aliphatic carbocycles. The summed E-state index contributed by atoms with van der Waals surface area (Å²) in [5.41, 5.74) is 0. The number of ether oxygens (including phenoxy) is 3. The minimum Gasteiger partial charge on any atom is -0.481 e. The van der Waals surface area contributed by atoms with E-state index < -0.39 is 12.1 Å². The van der Waals surface area contributed by atoms with Gasteiger partial charge in [-0.3, -0.25) is 4.79 Å². The quantitative estimate of drug-likeness (QED) is 0.629. The molecule has 0 amide bonds. The molecule has 0 aromatic heterocycles. The molecule has 0 aromatic rings. The molecule has 0 spiro atoms. The van der Waals surface area contributed by atoms with Gasteiger partial charge in [-0.25, -0.2) is 4.79 Å². The molecule has 0 atom stereocenters. The SMILES string of the molecule is O=C(O)CCOC1COC(=O)OC1. The largest absolute Gasteiger partial charge is 0.508 e. The van der Waals surface area contributed by atoms with Gasteiger partial charge in [-0.1, -0.05) is 0 Å². The number of aliphatic carboxylic acids is 1. The molecule has 1 saturated heterocycles. The Bertz CT molecular complexity index is 191. The maximum absolute atomic E-state index is 10.4. The lowest BCUT2D eigenvalue weighted by molar-refractivity contribution is -0.140. The van der Waals surface area contributed by atoms with E-state index in [0.717, 1.165) is 0 Å². The van der Waals surface area contributed by atoms with E-state index in [1.54, 1.807) is 0 Å². The van der Waals surface area contributed by atoms with E-state index in [1.807, 2.05) is 0 Å². The van der Waals surface area contributed by atoms with Crippen LogP contribution in [0.3, 0.4) is 0 Å². The summed E-state index contributed by atoms with van der Waals surface area (Å²) >= 11 is 0. The van der Waals surface area contributed by atoms with Crippen LogP contribution in [0.1, 0.15) is 6.42 Å². The number of rotatable bonds is 4. The second-order valence-electron chi connectivity index (χ2n) is 2.51. The lowest BCUT2D eigenvalue weighted by atomic mass is 10.4. The van der Waals surface area contributed by atoms with Crippen LogP contribution in [0.2, 0.25) is 0 Å². The number of carbonyl (C=O) groups is 2. The van der Waals surface area contributed by atoms with Gasteiger partial charge in [0.15, 0.2) is 0 Å². The van der Waals surface area contributed by atoms with E-state index in [0.29, 0.717) is 0 Å². The van der Waals surface area contributed by atoms with Crippen molar-refractivity contribution in [3.8, 4) is 0 Å². The Morgan fingerprint density at radius 2 is 2.15 bits per heavy atom. The van der Waals surface area contributed by atoms with Crippen LogP contribution >= 0.6 is 0 Å². The van der Waals surface area contributed by atoms with Gasteiger partial charge in [-0.2, -0.15) is 0 Å². The first-order chi connectivity index (χ1) is 6.18. The Morgan fingerprint density at radius 3 is 2.69 bits per heavy atom. The summed E-state index contributed by atoms with van der Waals surface area (Å²) < 4.78 is 14.1. The van der Waals surface area contributed by atoms with Crippen LogP contribution < -0.4 is 0 Å². The molecule has 0 radical (unpaired) electrons. The van der Waals surface area contributed by atoms with Gasteiger partial charge in [0.2, 0.25) is 0 Å². The van der Waals surface area contributed by atoms with Crippen molar-refractivity contribution in [3.63, 3.8) is 0 Å². The van der Waals surface area contributed by atoms with Crippen LogP contribution in [-0.4, -0.2) is 43.2 Å². The zero-order valence-corrected chi connectivity index (χ0v) is 6.89. The molecule has 1 rings (SSSR count). The highest BCUT2D eigenvalue weighted by atomic mass is 16.7. The Morgan fingerprint density at radius 1 is 1.54 bits per heavy atom. The molecule has 1 fully saturated rings. The van der Waals surface area contributed by atoms with Gasteiger partial charge in [0.05, 0.1) is 13.0 Å². The van der Waals surface area contributed by atoms with Crippen LogP contribution in [0.5, 0.6) is 0 Å². The summed E-state index contributed by atoms with van der Waals surface area (Å²) in [6, 6.07) is 0. The fourth-order valence-electron chi connectivity index (χ4n) is 0.821. The number of carboxylic acid groups (broad SMARTS) is 1. The summed E-state index contributed by atoms with van der Waals surface area (Å²) in [4.78, 5) is 20.5. The molecule has 1 N–H and O–H groups in total. The van der Waals surface area contributed by atoms with Crippen molar-refractivity contribution in [2.75, 3.05) is 19.8 Å². The van der Waals surface area contributed by atoms with Crippen LogP contribution in [0.4, 0.5) is 4.79 Å². The lowest BCUT2D eigenvalue weighted by Crippen LogP contribution is -2.34. The Labute approximate surface area is 74.4 Å². The summed E-state index contributed by atoms with van der Waals surface area (Å²) in [7, 11) is 0. The topological polar surface area (TPSA) is 82.1 Å². The van der Waals surface area contributed by atoms with Gasteiger partial charge >= 0.3 is 12.1 Å². The Hall–Kier alpha value is -1.30. The van der Waals surface area contributed by atoms with E-state index in [2.05, 4.69) is 9.47 Å². The van der Waals surface area contributed by atoms with Crippen LogP contribution in [0.25, 0.3) is 0 Å². The first-order valence-electron chi connectivity index (χ1n) is 3.81. The first-order valence-corrected chi connectivity index (χ1v) is 3.81. The summed E-state index contributed by atoms with van der Waals surface area (Å²) in [5.74, 6) is -0.922. The highest BCUT2D eigenvalue weighted by molar-refractivity contribution is 5.66. The first kappa shape index (κ1) is 9.79. The molecular weight excluding hydrogens is 180 g/mol. The average Bonchev–Trinajstić information content (AvgIpc) is 2.08. The van der Waals surface area contributed by atoms with Gasteiger partial charge < -0.3 is 19.3 Å². The standard InChI is InChI=1S/C7H10O6/c8-6(9)1-2-11-5-3-12-7(10)13-4-5/h5H,1-4H2,(H,8,9). The van der Waals surface area contributed by atoms with Crippen molar-refractivity contribution >= 4 is 12.1 Å². The monoisotopic (exact) mass is 190 g/mol. The average molecular weight is 190 g/mol. The number of carboxylic acids is 1. The molecule has 74 valence electrons. The van der Waals surface area contributed by atoms with Crippen LogP contribution in [-0.2, 0) is 19.0 Å². The molecule has 13 heavy (non-hydrogen) atoms.